The summed E-state index contributed by atoms with van der Waals surface area (Å²) >= 11 is 0. The van der Waals surface area contributed by atoms with Gasteiger partial charge in [-0.25, -0.2) is 0 Å². The Balaban J connectivity index is 2.77. The maximum Gasteiger partial charge on any atom is 0.310 e. The van der Waals surface area contributed by atoms with Crippen molar-refractivity contribution in [2.45, 2.75) is 31.8 Å². The Hall–Kier alpha value is -0.610. The van der Waals surface area contributed by atoms with Crippen molar-refractivity contribution in [2.75, 3.05) is 27.7 Å². The highest BCUT2D eigenvalue weighted by Crippen LogP contribution is 2.25. The summed E-state index contributed by atoms with van der Waals surface area (Å²) in [7, 11) is 5.50. The van der Waals surface area contributed by atoms with Crippen LogP contribution in [0.25, 0.3) is 0 Å². The number of likely N-dealkylation sites (tertiary alicyclic amines) is 1. The molecule has 4 nitrogen and oxygen atoms in total. The summed E-state index contributed by atoms with van der Waals surface area (Å²) in [6.45, 7) is 3.13. The van der Waals surface area contributed by atoms with Gasteiger partial charge < -0.3 is 15.0 Å². The van der Waals surface area contributed by atoms with Crippen LogP contribution < -0.4 is 5.32 Å². The molecule has 0 aromatic heterocycles. The van der Waals surface area contributed by atoms with E-state index in [1.807, 2.05) is 7.05 Å². The average Bonchev–Trinajstić information content (AvgIpc) is 2.27. The maximum absolute atomic E-state index is 11.6. The van der Waals surface area contributed by atoms with E-state index in [1.54, 1.807) is 0 Å². The molecule has 0 aromatic rings. The summed E-state index contributed by atoms with van der Waals surface area (Å²) in [5.74, 6) is -0.0814. The topological polar surface area (TPSA) is 41.6 Å². The number of methoxy groups -OCH3 is 1. The number of ether oxygens (including phenoxy) is 1. The third-order valence-corrected chi connectivity index (χ3v) is 3.46. The van der Waals surface area contributed by atoms with E-state index in [2.05, 4.69) is 24.2 Å². The Morgan fingerprint density at radius 2 is 2.27 bits per heavy atom. The van der Waals surface area contributed by atoms with Crippen molar-refractivity contribution in [2.24, 2.45) is 5.92 Å². The average molecular weight is 214 g/mol. The first-order valence-electron chi connectivity index (χ1n) is 5.61. The van der Waals surface area contributed by atoms with Gasteiger partial charge in [-0.2, -0.15) is 0 Å². The van der Waals surface area contributed by atoms with Gasteiger partial charge in [0.2, 0.25) is 0 Å². The fourth-order valence-electron chi connectivity index (χ4n) is 2.61. The van der Waals surface area contributed by atoms with Crippen LogP contribution >= 0.6 is 0 Å². The summed E-state index contributed by atoms with van der Waals surface area (Å²) in [6, 6.07) is 0.633. The lowest BCUT2D eigenvalue weighted by Crippen LogP contribution is -2.57. The summed E-state index contributed by atoms with van der Waals surface area (Å²) in [5, 5.41) is 3.26. The molecule has 0 aromatic carbocycles. The molecule has 1 aliphatic heterocycles. The quantitative estimate of drug-likeness (QED) is 0.694. The molecule has 1 heterocycles. The highest BCUT2D eigenvalue weighted by Gasteiger charge is 2.38. The van der Waals surface area contributed by atoms with E-state index in [0.717, 1.165) is 19.4 Å². The number of nitrogens with one attached hydrogen (secondary N) is 1. The van der Waals surface area contributed by atoms with Gasteiger partial charge in [-0.15, -0.1) is 0 Å². The zero-order valence-electron chi connectivity index (χ0n) is 10.1. The molecule has 0 spiro atoms. The molecule has 4 heteroatoms. The predicted octanol–water partition coefficient (Wildman–Crippen LogP) is 0.478. The van der Waals surface area contributed by atoms with E-state index in [0.29, 0.717) is 6.04 Å². The van der Waals surface area contributed by atoms with Crippen LogP contribution in [0.5, 0.6) is 0 Å². The van der Waals surface area contributed by atoms with Crippen LogP contribution in [0, 0.1) is 5.92 Å². The molecule has 3 unspecified atom stereocenters. The van der Waals surface area contributed by atoms with Crippen molar-refractivity contribution in [3.05, 3.63) is 0 Å². The summed E-state index contributed by atoms with van der Waals surface area (Å²) in [5.41, 5.74) is 0. The van der Waals surface area contributed by atoms with E-state index in [-0.39, 0.29) is 17.9 Å². The number of carbonyl (C=O) groups is 1. The number of hydrogen-bond donors (Lipinski definition) is 1. The van der Waals surface area contributed by atoms with Gasteiger partial charge in [0.25, 0.3) is 0 Å². The SMILES string of the molecule is CCC1C(NC)C(C(=O)OC)CCN1C. The van der Waals surface area contributed by atoms with Crippen molar-refractivity contribution < 1.29 is 9.53 Å². The van der Waals surface area contributed by atoms with Crippen molar-refractivity contribution in [3.8, 4) is 0 Å². The minimum absolute atomic E-state index is 0.00106. The molecule has 1 rings (SSSR count). The first-order valence-corrected chi connectivity index (χ1v) is 5.61. The lowest BCUT2D eigenvalue weighted by atomic mass is 9.84. The Kier molecular flexibility index (Phi) is 4.54. The van der Waals surface area contributed by atoms with Crippen molar-refractivity contribution >= 4 is 5.97 Å². The van der Waals surface area contributed by atoms with Crippen LogP contribution in [-0.2, 0) is 9.53 Å². The smallest absolute Gasteiger partial charge is 0.310 e. The van der Waals surface area contributed by atoms with E-state index in [4.69, 9.17) is 4.74 Å². The Bertz CT molecular complexity index is 221. The van der Waals surface area contributed by atoms with Crippen LogP contribution in [0.2, 0.25) is 0 Å². The zero-order chi connectivity index (χ0) is 11.4. The Labute approximate surface area is 92.0 Å². The normalized spacial score (nSPS) is 32.7. The summed E-state index contributed by atoms with van der Waals surface area (Å²) < 4.78 is 4.85. The van der Waals surface area contributed by atoms with Crippen molar-refractivity contribution in [3.63, 3.8) is 0 Å². The molecule has 0 aliphatic carbocycles. The second-order valence-corrected chi connectivity index (χ2v) is 4.19. The largest absolute Gasteiger partial charge is 0.469 e. The molecule has 88 valence electrons. The van der Waals surface area contributed by atoms with Gasteiger partial charge in [-0.1, -0.05) is 6.92 Å². The maximum atomic E-state index is 11.6. The molecule has 0 bridgehead atoms. The molecule has 0 radical (unpaired) electrons. The number of piperidine rings is 1. The van der Waals surface area contributed by atoms with Gasteiger partial charge >= 0.3 is 5.97 Å². The molecular weight excluding hydrogens is 192 g/mol. The van der Waals surface area contributed by atoms with Gasteiger partial charge in [0.1, 0.15) is 0 Å². The van der Waals surface area contributed by atoms with E-state index < -0.39 is 0 Å². The van der Waals surface area contributed by atoms with Crippen LogP contribution in [0.1, 0.15) is 19.8 Å². The number of esters is 1. The lowest BCUT2D eigenvalue weighted by molar-refractivity contribution is -0.149. The van der Waals surface area contributed by atoms with E-state index in [9.17, 15) is 4.79 Å². The molecule has 0 saturated carbocycles. The second kappa shape index (κ2) is 5.47. The van der Waals surface area contributed by atoms with Crippen LogP contribution in [0.15, 0.2) is 0 Å². The van der Waals surface area contributed by atoms with Gasteiger partial charge in [-0.05, 0) is 33.5 Å². The van der Waals surface area contributed by atoms with Gasteiger partial charge in [0.05, 0.1) is 13.0 Å². The monoisotopic (exact) mass is 214 g/mol. The number of hydrogen-bond acceptors (Lipinski definition) is 4. The minimum atomic E-state index is -0.0825. The molecule has 15 heavy (non-hydrogen) atoms. The Morgan fingerprint density at radius 3 is 2.73 bits per heavy atom. The van der Waals surface area contributed by atoms with Crippen molar-refractivity contribution in [1.29, 1.82) is 0 Å². The van der Waals surface area contributed by atoms with Crippen LogP contribution in [0.3, 0.4) is 0 Å². The molecule has 1 saturated heterocycles. The molecule has 3 atom stereocenters. The number of likely N-dealkylation sites (N-methyl/N-ethyl adjacent to an activating group) is 2. The lowest BCUT2D eigenvalue weighted by Gasteiger charge is -2.42. The summed E-state index contributed by atoms with van der Waals surface area (Å²) in [6.07, 6.45) is 1.93. The molecular formula is C11H22N2O2. The number of rotatable bonds is 3. The standard InChI is InChI=1S/C11H22N2O2/c1-5-9-10(12-2)8(11(14)15-4)6-7-13(9)3/h8-10,12H,5-7H2,1-4H3. The first kappa shape index (κ1) is 12.5. The van der Waals surface area contributed by atoms with Crippen LogP contribution in [-0.4, -0.2) is 50.7 Å². The minimum Gasteiger partial charge on any atom is -0.469 e. The van der Waals surface area contributed by atoms with E-state index in [1.165, 1.54) is 7.11 Å². The van der Waals surface area contributed by atoms with E-state index >= 15 is 0 Å². The summed E-state index contributed by atoms with van der Waals surface area (Å²) in [4.78, 5) is 13.9. The zero-order valence-corrected chi connectivity index (χ0v) is 10.1. The number of nitrogens with zero attached hydrogens (tertiary/aromatic N) is 1. The van der Waals surface area contributed by atoms with Crippen LogP contribution in [0.4, 0.5) is 0 Å². The number of carbonyl (C=O) groups excluding carboxylic acids is 1. The Morgan fingerprint density at radius 1 is 1.60 bits per heavy atom. The molecule has 1 aliphatic rings. The molecule has 0 amide bonds. The molecule has 1 N–H and O–H groups in total. The first-order chi connectivity index (χ1) is 7.15. The highest BCUT2D eigenvalue weighted by molar-refractivity contribution is 5.73. The fourth-order valence-corrected chi connectivity index (χ4v) is 2.61. The fraction of sp³-hybridized carbons (Fsp3) is 0.909. The van der Waals surface area contributed by atoms with Gasteiger partial charge in [-0.3, -0.25) is 4.79 Å². The molecule has 1 fully saturated rings. The van der Waals surface area contributed by atoms with Gasteiger partial charge in [0, 0.05) is 12.1 Å². The highest BCUT2D eigenvalue weighted by atomic mass is 16.5. The van der Waals surface area contributed by atoms with Crippen molar-refractivity contribution in [1.82, 2.24) is 10.2 Å². The third-order valence-electron chi connectivity index (χ3n) is 3.46. The predicted molar refractivity (Wildman–Crippen MR) is 59.7 cm³/mol. The third kappa shape index (κ3) is 2.49. The second-order valence-electron chi connectivity index (χ2n) is 4.19. The van der Waals surface area contributed by atoms with Gasteiger partial charge in [0.15, 0.2) is 0 Å².